The lowest BCUT2D eigenvalue weighted by Gasteiger charge is -2.20. The number of urea groups is 1. The van der Waals surface area contributed by atoms with Crippen molar-refractivity contribution < 1.29 is 34.2 Å². The molecule has 0 radical (unpaired) electrons. The smallest absolute Gasteiger partial charge is 0.328 e. The van der Waals surface area contributed by atoms with Crippen LogP contribution in [0.5, 0.6) is 0 Å². The topological polar surface area (TPSA) is 213 Å². The first-order valence-corrected chi connectivity index (χ1v) is 9.08. The number of nitrogens with two attached hydrogens (primary N) is 1. The van der Waals surface area contributed by atoms with Gasteiger partial charge in [-0.15, -0.1) is 0 Å². The monoisotopic (exact) mass is 416 g/mol. The summed E-state index contributed by atoms with van der Waals surface area (Å²) in [6, 6.07) is -3.98. The van der Waals surface area contributed by atoms with Crippen LogP contribution in [0.25, 0.3) is 0 Å². The molecule has 3 amide bonds. The van der Waals surface area contributed by atoms with Crippen molar-refractivity contribution in [3.8, 4) is 0 Å². The highest BCUT2D eigenvalue weighted by Crippen LogP contribution is 2.19. The average Bonchev–Trinajstić information content (AvgIpc) is 3.13. The first-order valence-electron chi connectivity index (χ1n) is 9.08. The highest BCUT2D eigenvalue weighted by molar-refractivity contribution is 5.83. The molecule has 0 fully saturated rings. The van der Waals surface area contributed by atoms with E-state index in [1.165, 1.54) is 13.8 Å². The second-order valence-electron chi connectivity index (χ2n) is 6.49. The number of amides is 3. The van der Waals surface area contributed by atoms with Gasteiger partial charge in [-0.05, 0) is 26.2 Å². The minimum Gasteiger partial charge on any atom is -0.480 e. The zero-order valence-electron chi connectivity index (χ0n) is 16.3. The van der Waals surface area contributed by atoms with E-state index in [4.69, 9.17) is 20.5 Å². The van der Waals surface area contributed by atoms with E-state index >= 15 is 0 Å². The molecule has 1 aromatic rings. The van der Waals surface area contributed by atoms with E-state index < -0.39 is 42.8 Å². The molecule has 0 aromatic carbocycles. The fraction of sp³-hybridized carbons (Fsp3) is 0.688. The summed E-state index contributed by atoms with van der Waals surface area (Å²) in [5.74, 6) is -1.46. The molecule has 0 saturated heterocycles. The van der Waals surface area contributed by atoms with E-state index in [0.717, 1.165) is 0 Å². The third kappa shape index (κ3) is 8.41. The number of carboxylic acid groups (broad SMARTS) is 1. The largest absolute Gasteiger partial charge is 0.480 e. The first kappa shape index (κ1) is 24.3. The number of aliphatic hydroxyl groups excluding tert-OH is 2. The summed E-state index contributed by atoms with van der Waals surface area (Å²) < 4.78 is 5.12. The molecule has 4 atom stereocenters. The van der Waals surface area contributed by atoms with E-state index in [-0.39, 0.29) is 17.6 Å². The van der Waals surface area contributed by atoms with Gasteiger partial charge < -0.3 is 41.5 Å². The molecule has 1 heterocycles. The summed E-state index contributed by atoms with van der Waals surface area (Å²) in [5, 5.41) is 38.6. The maximum absolute atomic E-state index is 12.2. The summed E-state index contributed by atoms with van der Waals surface area (Å²) in [5.41, 5.74) is 5.64. The first-order chi connectivity index (χ1) is 13.6. The third-order valence-corrected chi connectivity index (χ3v) is 3.92. The Balaban J connectivity index is 2.81. The minimum atomic E-state index is -1.50. The number of hydrogen-bond donors (Lipinski definition) is 7. The van der Waals surface area contributed by atoms with Crippen molar-refractivity contribution >= 4 is 17.9 Å². The summed E-state index contributed by atoms with van der Waals surface area (Å²) in [6.45, 7) is 2.68. The minimum absolute atomic E-state index is 0.0301. The van der Waals surface area contributed by atoms with Crippen molar-refractivity contribution in [2.24, 2.45) is 5.73 Å². The van der Waals surface area contributed by atoms with Crippen molar-refractivity contribution in [1.82, 2.24) is 26.1 Å². The van der Waals surface area contributed by atoms with Crippen LogP contribution >= 0.6 is 0 Å². The van der Waals surface area contributed by atoms with E-state index in [1.54, 1.807) is 0 Å². The summed E-state index contributed by atoms with van der Waals surface area (Å²) in [7, 11) is 0. The summed E-state index contributed by atoms with van der Waals surface area (Å²) in [4.78, 5) is 38.3. The normalized spacial score (nSPS) is 15.1. The van der Waals surface area contributed by atoms with Crippen molar-refractivity contribution in [1.29, 1.82) is 0 Å². The molecular formula is C16H28N6O7. The lowest BCUT2D eigenvalue weighted by Crippen LogP contribution is -2.51. The molecule has 0 aliphatic rings. The van der Waals surface area contributed by atoms with E-state index in [0.29, 0.717) is 25.8 Å². The van der Waals surface area contributed by atoms with Crippen LogP contribution in [0.2, 0.25) is 0 Å². The predicted molar refractivity (Wildman–Crippen MR) is 98.4 cm³/mol. The van der Waals surface area contributed by atoms with Gasteiger partial charge in [0.05, 0.1) is 18.8 Å². The number of aliphatic carboxylic acids is 1. The van der Waals surface area contributed by atoms with E-state index in [1.807, 2.05) is 0 Å². The van der Waals surface area contributed by atoms with E-state index in [9.17, 15) is 19.5 Å². The number of aromatic nitrogens is 2. The molecular weight excluding hydrogens is 388 g/mol. The van der Waals surface area contributed by atoms with Crippen LogP contribution in [0.1, 0.15) is 56.9 Å². The number of carboxylic acids is 1. The van der Waals surface area contributed by atoms with Gasteiger partial charge in [-0.25, -0.2) is 9.59 Å². The molecule has 13 heteroatoms. The molecule has 1 unspecified atom stereocenters. The van der Waals surface area contributed by atoms with Gasteiger partial charge in [0.2, 0.25) is 11.8 Å². The predicted octanol–water partition coefficient (Wildman–Crippen LogP) is -1.46. The van der Waals surface area contributed by atoms with Gasteiger partial charge in [0, 0.05) is 13.5 Å². The Morgan fingerprint density at radius 1 is 1.24 bits per heavy atom. The Morgan fingerprint density at radius 2 is 1.93 bits per heavy atom. The molecule has 1 aromatic heterocycles. The Kier molecular flexibility index (Phi) is 9.99. The van der Waals surface area contributed by atoms with Crippen molar-refractivity contribution in [3.63, 3.8) is 0 Å². The second-order valence-corrected chi connectivity index (χ2v) is 6.49. The van der Waals surface area contributed by atoms with Crippen LogP contribution in [0.3, 0.4) is 0 Å². The number of unbranched alkanes of at least 4 members (excludes halogenated alkanes) is 1. The van der Waals surface area contributed by atoms with Crippen LogP contribution in [-0.2, 0) is 9.59 Å². The van der Waals surface area contributed by atoms with Crippen molar-refractivity contribution in [3.05, 3.63) is 11.7 Å². The van der Waals surface area contributed by atoms with Crippen molar-refractivity contribution in [2.75, 3.05) is 13.2 Å². The maximum Gasteiger partial charge on any atom is 0.328 e. The van der Waals surface area contributed by atoms with Gasteiger partial charge >= 0.3 is 12.0 Å². The Bertz CT molecular complexity index is 680. The Morgan fingerprint density at radius 3 is 2.48 bits per heavy atom. The summed E-state index contributed by atoms with van der Waals surface area (Å²) in [6.07, 6.45) is 0.206. The maximum atomic E-state index is 12.2. The highest BCUT2D eigenvalue weighted by Gasteiger charge is 2.28. The van der Waals surface area contributed by atoms with Gasteiger partial charge in [0.1, 0.15) is 6.04 Å². The standard InChI is InChI=1S/C16H28N6O7/c1-8(24)12(15(26)27)20-16(28)19-11(5-3-4-6-18-9(2)25)14-21-13(22-29-14)10(17)7-23/h8,10-12,23-24H,3-7,17H2,1-2H3,(H,18,25)(H,26,27)(H2,19,20,28)/t8?,10-,11-,12-/m0/s1. The van der Waals surface area contributed by atoms with Crippen LogP contribution in [-0.4, -0.2) is 68.7 Å². The molecule has 0 saturated carbocycles. The number of nitrogens with one attached hydrogen (secondary N) is 3. The molecule has 0 spiro atoms. The lowest BCUT2D eigenvalue weighted by atomic mass is 10.1. The highest BCUT2D eigenvalue weighted by atomic mass is 16.5. The number of carbonyl (C=O) groups excluding carboxylic acids is 2. The Hall–Kier alpha value is -2.77. The van der Waals surface area contributed by atoms with E-state index in [2.05, 4.69) is 26.1 Å². The fourth-order valence-electron chi connectivity index (χ4n) is 2.35. The van der Waals surface area contributed by atoms with Gasteiger partial charge in [-0.3, -0.25) is 4.79 Å². The third-order valence-electron chi connectivity index (χ3n) is 3.92. The van der Waals surface area contributed by atoms with Crippen LogP contribution in [0.15, 0.2) is 4.52 Å². The molecule has 13 nitrogen and oxygen atoms in total. The van der Waals surface area contributed by atoms with Crippen LogP contribution in [0.4, 0.5) is 4.79 Å². The molecule has 0 aliphatic carbocycles. The van der Waals surface area contributed by atoms with Crippen LogP contribution < -0.4 is 21.7 Å². The van der Waals surface area contributed by atoms with Gasteiger partial charge in [-0.1, -0.05) is 5.16 Å². The SMILES string of the molecule is CC(=O)NCCCC[C@H](NC(=O)N[C@H](C(=O)O)C(C)O)c1nc([C@@H](N)CO)no1. The average molecular weight is 416 g/mol. The number of rotatable bonds is 12. The zero-order valence-corrected chi connectivity index (χ0v) is 16.3. The van der Waals surface area contributed by atoms with Gasteiger partial charge in [-0.2, -0.15) is 4.98 Å². The quantitative estimate of drug-likeness (QED) is 0.197. The fourth-order valence-corrected chi connectivity index (χ4v) is 2.35. The summed E-state index contributed by atoms with van der Waals surface area (Å²) >= 11 is 0. The zero-order chi connectivity index (χ0) is 22.0. The number of carbonyl (C=O) groups is 3. The number of nitrogens with zero attached hydrogens (tertiary/aromatic N) is 2. The molecule has 1 rings (SSSR count). The van der Waals surface area contributed by atoms with Gasteiger partial charge in [0.15, 0.2) is 11.9 Å². The molecule has 8 N–H and O–H groups in total. The molecule has 164 valence electrons. The van der Waals surface area contributed by atoms with Crippen molar-refractivity contribution in [2.45, 2.75) is 57.3 Å². The number of aliphatic hydroxyl groups is 2. The van der Waals surface area contributed by atoms with Crippen LogP contribution in [0, 0.1) is 0 Å². The molecule has 0 bridgehead atoms. The number of hydrogen-bond acceptors (Lipinski definition) is 9. The lowest BCUT2D eigenvalue weighted by molar-refractivity contribution is -0.141. The molecule has 0 aliphatic heterocycles. The Labute approximate surface area is 167 Å². The van der Waals surface area contributed by atoms with Gasteiger partial charge in [0.25, 0.3) is 0 Å². The second kappa shape index (κ2) is 11.9. The molecule has 29 heavy (non-hydrogen) atoms.